The van der Waals surface area contributed by atoms with E-state index in [2.05, 4.69) is 0 Å². The number of imide groups is 1. The fourth-order valence-corrected chi connectivity index (χ4v) is 2.03. The van der Waals surface area contributed by atoms with Crippen LogP contribution in [0, 0.1) is 11.8 Å². The average Bonchev–Trinajstić information content (AvgIpc) is 2.46. The van der Waals surface area contributed by atoms with Gasteiger partial charge in [-0.3, -0.25) is 19.3 Å². The van der Waals surface area contributed by atoms with E-state index in [0.29, 0.717) is 19.3 Å². The van der Waals surface area contributed by atoms with E-state index in [4.69, 9.17) is 15.2 Å². The van der Waals surface area contributed by atoms with Crippen molar-refractivity contribution in [3.63, 3.8) is 0 Å². The Kier molecular flexibility index (Phi) is 6.60. The molecular weight excluding hydrogens is 264 g/mol. The minimum atomic E-state index is -0.700. The first-order valence-corrected chi connectivity index (χ1v) is 6.81. The first kappa shape index (κ1) is 16.6. The third kappa shape index (κ3) is 4.28. The third-order valence-corrected chi connectivity index (χ3v) is 3.46. The Morgan fingerprint density at radius 2 is 1.85 bits per heavy atom. The molecule has 1 aliphatic rings. The van der Waals surface area contributed by atoms with Crippen molar-refractivity contribution in [1.82, 2.24) is 4.90 Å². The van der Waals surface area contributed by atoms with Gasteiger partial charge in [-0.25, -0.2) is 0 Å². The smallest absolute Gasteiger partial charge is 0.232 e. The van der Waals surface area contributed by atoms with Crippen molar-refractivity contribution in [1.29, 1.82) is 0 Å². The zero-order valence-electron chi connectivity index (χ0n) is 11.9. The number of primary amides is 1. The van der Waals surface area contributed by atoms with Gasteiger partial charge in [0.1, 0.15) is 0 Å². The number of carbonyl (C=O) groups excluding carboxylic acids is 3. The molecule has 1 rings (SSSR count). The maximum Gasteiger partial charge on any atom is 0.232 e. The van der Waals surface area contributed by atoms with Crippen LogP contribution in [0.3, 0.4) is 0 Å². The first-order chi connectivity index (χ1) is 9.53. The predicted molar refractivity (Wildman–Crippen MR) is 70.2 cm³/mol. The zero-order chi connectivity index (χ0) is 15.1. The third-order valence-electron chi connectivity index (χ3n) is 3.46. The minimum absolute atomic E-state index is 0.0321. The van der Waals surface area contributed by atoms with Crippen LogP contribution < -0.4 is 5.73 Å². The molecule has 0 saturated carbocycles. The molecule has 0 aliphatic carbocycles. The van der Waals surface area contributed by atoms with Gasteiger partial charge in [-0.2, -0.15) is 0 Å². The molecule has 114 valence electrons. The van der Waals surface area contributed by atoms with Crippen molar-refractivity contribution in [2.75, 3.05) is 19.8 Å². The summed E-state index contributed by atoms with van der Waals surface area (Å²) in [6, 6.07) is 0. The molecule has 0 bridgehead atoms. The Morgan fingerprint density at radius 3 is 2.25 bits per heavy atom. The monoisotopic (exact) mass is 286 g/mol. The van der Waals surface area contributed by atoms with Gasteiger partial charge >= 0.3 is 0 Å². The van der Waals surface area contributed by atoms with E-state index in [1.54, 1.807) is 0 Å². The van der Waals surface area contributed by atoms with Gasteiger partial charge in [-0.1, -0.05) is 13.8 Å². The van der Waals surface area contributed by atoms with Crippen LogP contribution in [0.25, 0.3) is 0 Å². The molecule has 20 heavy (non-hydrogen) atoms. The molecule has 1 heterocycles. The molecule has 0 aromatic heterocycles. The highest BCUT2D eigenvalue weighted by molar-refractivity contribution is 5.87. The lowest BCUT2D eigenvalue weighted by Crippen LogP contribution is -2.46. The summed E-state index contributed by atoms with van der Waals surface area (Å²) in [6.07, 6.45) is 1.15. The molecule has 0 spiro atoms. The summed E-state index contributed by atoms with van der Waals surface area (Å²) >= 11 is 0. The summed E-state index contributed by atoms with van der Waals surface area (Å²) in [6.45, 7) is 4.13. The summed E-state index contributed by atoms with van der Waals surface area (Å²) in [4.78, 5) is 35.2. The van der Waals surface area contributed by atoms with Gasteiger partial charge in [0.05, 0.1) is 25.7 Å². The van der Waals surface area contributed by atoms with Crippen LogP contribution >= 0.6 is 0 Å². The Labute approximate surface area is 118 Å². The second-order valence-electron chi connectivity index (χ2n) is 4.80. The van der Waals surface area contributed by atoms with Gasteiger partial charge in [-0.05, 0) is 12.8 Å². The number of amides is 3. The number of ether oxygens (including phenoxy) is 2. The number of nitrogens with two attached hydrogens (primary N) is 1. The van der Waals surface area contributed by atoms with Gasteiger partial charge < -0.3 is 15.2 Å². The van der Waals surface area contributed by atoms with E-state index < -0.39 is 18.1 Å². The van der Waals surface area contributed by atoms with E-state index in [9.17, 15) is 14.4 Å². The molecule has 7 heteroatoms. The van der Waals surface area contributed by atoms with Crippen LogP contribution in [0.1, 0.15) is 26.7 Å². The molecule has 1 aliphatic heterocycles. The van der Waals surface area contributed by atoms with Crippen molar-refractivity contribution in [3.05, 3.63) is 0 Å². The fraction of sp³-hybridized carbons (Fsp3) is 0.769. The Hall–Kier alpha value is -1.47. The van der Waals surface area contributed by atoms with E-state index in [-0.39, 0.29) is 31.6 Å². The van der Waals surface area contributed by atoms with Gasteiger partial charge in [-0.15, -0.1) is 0 Å². The normalized spacial score (nSPS) is 22.6. The highest BCUT2D eigenvalue weighted by Crippen LogP contribution is 2.15. The second kappa shape index (κ2) is 7.96. The maximum atomic E-state index is 12.1. The van der Waals surface area contributed by atoms with E-state index >= 15 is 0 Å². The van der Waals surface area contributed by atoms with E-state index in [1.165, 1.54) is 0 Å². The number of nitrogens with zero attached hydrogens (tertiary/aromatic N) is 1. The van der Waals surface area contributed by atoms with Crippen LogP contribution in [0.15, 0.2) is 0 Å². The summed E-state index contributed by atoms with van der Waals surface area (Å²) < 4.78 is 10.6. The van der Waals surface area contributed by atoms with E-state index in [0.717, 1.165) is 4.90 Å². The van der Waals surface area contributed by atoms with Gasteiger partial charge in [0.25, 0.3) is 0 Å². The molecular formula is C13H22N2O5. The molecule has 0 aromatic carbocycles. The largest absolute Gasteiger partial charge is 0.369 e. The van der Waals surface area contributed by atoms with Crippen LogP contribution in [0.2, 0.25) is 0 Å². The number of carbonyl (C=O) groups is 3. The van der Waals surface area contributed by atoms with Crippen LogP contribution in [0.5, 0.6) is 0 Å². The fourth-order valence-electron chi connectivity index (χ4n) is 2.03. The Bertz CT molecular complexity index is 349. The van der Waals surface area contributed by atoms with Crippen molar-refractivity contribution in [2.45, 2.75) is 33.0 Å². The minimum Gasteiger partial charge on any atom is -0.369 e. The lowest BCUT2D eigenvalue weighted by atomic mass is 10.0. The summed E-state index contributed by atoms with van der Waals surface area (Å²) in [5.74, 6) is -1.37. The quantitative estimate of drug-likeness (QED) is 0.658. The van der Waals surface area contributed by atoms with Crippen molar-refractivity contribution >= 4 is 18.2 Å². The molecule has 7 nitrogen and oxygen atoms in total. The SMILES string of the molecule is CCC(CC)C(=O)N(C=O)CC1OCC(C(N)=O)CO1. The molecule has 3 amide bonds. The highest BCUT2D eigenvalue weighted by atomic mass is 16.7. The molecule has 0 atom stereocenters. The predicted octanol–water partition coefficient (Wildman–Crippen LogP) is -0.118. The highest BCUT2D eigenvalue weighted by Gasteiger charge is 2.30. The number of hydrogen-bond acceptors (Lipinski definition) is 5. The lowest BCUT2D eigenvalue weighted by molar-refractivity contribution is -0.207. The van der Waals surface area contributed by atoms with Crippen LogP contribution in [-0.2, 0) is 23.9 Å². The van der Waals surface area contributed by atoms with Gasteiger partial charge in [0.2, 0.25) is 18.2 Å². The van der Waals surface area contributed by atoms with Crippen molar-refractivity contribution < 1.29 is 23.9 Å². The van der Waals surface area contributed by atoms with Crippen LogP contribution in [-0.4, -0.2) is 49.2 Å². The number of rotatable bonds is 7. The average molecular weight is 286 g/mol. The summed E-state index contributed by atoms with van der Waals surface area (Å²) in [5.41, 5.74) is 5.14. The Balaban J connectivity index is 2.51. The molecule has 0 aromatic rings. The first-order valence-electron chi connectivity index (χ1n) is 6.81. The standard InChI is InChI=1S/C13H22N2O5/c1-3-9(4-2)13(18)15(8-16)5-11-19-6-10(7-20-11)12(14)17/h8-11H,3-7H2,1-2H3,(H2,14,17). The molecule has 0 radical (unpaired) electrons. The lowest BCUT2D eigenvalue weighted by Gasteiger charge is -2.30. The second-order valence-corrected chi connectivity index (χ2v) is 4.80. The van der Waals surface area contributed by atoms with Crippen molar-refractivity contribution in [3.8, 4) is 0 Å². The van der Waals surface area contributed by atoms with Gasteiger partial charge in [0.15, 0.2) is 6.29 Å². The van der Waals surface area contributed by atoms with Crippen LogP contribution in [0.4, 0.5) is 0 Å². The molecule has 1 saturated heterocycles. The topological polar surface area (TPSA) is 98.9 Å². The zero-order valence-corrected chi connectivity index (χ0v) is 11.9. The Morgan fingerprint density at radius 1 is 1.30 bits per heavy atom. The summed E-state index contributed by atoms with van der Waals surface area (Å²) in [7, 11) is 0. The number of hydrogen-bond donors (Lipinski definition) is 1. The molecule has 1 fully saturated rings. The van der Waals surface area contributed by atoms with E-state index in [1.807, 2.05) is 13.8 Å². The molecule has 2 N–H and O–H groups in total. The maximum absolute atomic E-state index is 12.1. The summed E-state index contributed by atoms with van der Waals surface area (Å²) in [5, 5.41) is 0. The van der Waals surface area contributed by atoms with Gasteiger partial charge in [0, 0.05) is 5.92 Å². The molecule has 0 unspecified atom stereocenters. The van der Waals surface area contributed by atoms with Crippen molar-refractivity contribution in [2.24, 2.45) is 17.6 Å².